The molecule has 34 heavy (non-hydrogen) atoms. The van der Waals surface area contributed by atoms with Crippen molar-refractivity contribution in [3.05, 3.63) is 30.4 Å². The molecule has 3 heterocycles. The Morgan fingerprint density at radius 3 is 2.68 bits per heavy atom. The second-order valence-corrected chi connectivity index (χ2v) is 9.59. The molecule has 0 spiro atoms. The summed E-state index contributed by atoms with van der Waals surface area (Å²) in [5.74, 6) is 0.443. The predicted octanol–water partition coefficient (Wildman–Crippen LogP) is 2.97. The molecular weight excluding hydrogens is 436 g/mol. The van der Waals surface area contributed by atoms with Gasteiger partial charge in [0.15, 0.2) is 5.54 Å². The number of carbonyl (C=O) groups excluding carboxylic acids is 1. The van der Waals surface area contributed by atoms with Crippen LogP contribution in [0.2, 0.25) is 0 Å². The van der Waals surface area contributed by atoms with Gasteiger partial charge in [-0.15, -0.1) is 5.10 Å². The van der Waals surface area contributed by atoms with Gasteiger partial charge in [0, 0.05) is 42.1 Å². The van der Waals surface area contributed by atoms with E-state index in [-0.39, 0.29) is 24.0 Å². The number of fused-ring (bicyclic) bond motifs is 1. The molecule has 1 aliphatic rings. The van der Waals surface area contributed by atoms with Crippen molar-refractivity contribution in [1.29, 1.82) is 0 Å². The van der Waals surface area contributed by atoms with Crippen LogP contribution in [-0.2, 0) is 19.8 Å². The first-order valence-electron chi connectivity index (χ1n) is 11.7. The number of nitrogens with one attached hydrogen (secondary N) is 1. The SMILES string of the molecule is COCC(C)Nc1ncc2c(-c3cnn(C(C)(C)C(=O)OC)c3)cc(C3CCC(O)CC3)n2n1. The van der Waals surface area contributed by atoms with E-state index in [2.05, 4.69) is 21.5 Å². The van der Waals surface area contributed by atoms with Gasteiger partial charge in [0.1, 0.15) is 0 Å². The number of methoxy groups -OCH3 is 2. The fraction of sp³-hybridized carbons (Fsp3) is 0.583. The zero-order valence-electron chi connectivity index (χ0n) is 20.5. The maximum absolute atomic E-state index is 12.3. The minimum absolute atomic E-state index is 0.0598. The zero-order chi connectivity index (χ0) is 24.5. The number of esters is 1. The first kappa shape index (κ1) is 24.2. The first-order chi connectivity index (χ1) is 16.2. The predicted molar refractivity (Wildman–Crippen MR) is 128 cm³/mol. The molecule has 0 aromatic carbocycles. The highest BCUT2D eigenvalue weighted by Gasteiger charge is 2.32. The number of ether oxygens (including phenoxy) is 2. The Labute approximate surface area is 199 Å². The summed E-state index contributed by atoms with van der Waals surface area (Å²) in [4.78, 5) is 16.8. The third-order valence-electron chi connectivity index (χ3n) is 6.60. The van der Waals surface area contributed by atoms with E-state index in [9.17, 15) is 9.90 Å². The number of nitrogens with zero attached hydrogens (tertiary/aromatic N) is 5. The third-order valence-corrected chi connectivity index (χ3v) is 6.60. The normalized spacial score (nSPS) is 19.8. The van der Waals surface area contributed by atoms with Gasteiger partial charge in [-0.05, 0) is 52.5 Å². The molecule has 0 saturated heterocycles. The summed E-state index contributed by atoms with van der Waals surface area (Å²) in [5, 5.41) is 22.6. The first-order valence-corrected chi connectivity index (χ1v) is 11.7. The molecule has 1 saturated carbocycles. The Hall–Kier alpha value is -2.98. The van der Waals surface area contributed by atoms with Crippen LogP contribution in [0.5, 0.6) is 0 Å². The highest BCUT2D eigenvalue weighted by atomic mass is 16.5. The Bertz CT molecular complexity index is 1150. The summed E-state index contributed by atoms with van der Waals surface area (Å²) >= 11 is 0. The lowest BCUT2D eigenvalue weighted by Gasteiger charge is -2.25. The van der Waals surface area contributed by atoms with E-state index in [1.807, 2.05) is 23.8 Å². The Balaban J connectivity index is 1.76. The summed E-state index contributed by atoms with van der Waals surface area (Å²) in [7, 11) is 3.04. The average Bonchev–Trinajstić information content (AvgIpc) is 3.44. The Kier molecular flexibility index (Phi) is 6.90. The van der Waals surface area contributed by atoms with Gasteiger partial charge in [-0.3, -0.25) is 4.68 Å². The summed E-state index contributed by atoms with van der Waals surface area (Å²) in [6.45, 7) is 6.10. The monoisotopic (exact) mass is 470 g/mol. The lowest BCUT2D eigenvalue weighted by atomic mass is 9.85. The van der Waals surface area contributed by atoms with Gasteiger partial charge in [-0.1, -0.05) is 0 Å². The molecule has 0 radical (unpaired) electrons. The summed E-state index contributed by atoms with van der Waals surface area (Å²) in [5.41, 5.74) is 2.83. The van der Waals surface area contributed by atoms with Crippen molar-refractivity contribution in [3.8, 4) is 11.1 Å². The minimum atomic E-state index is -0.935. The lowest BCUT2D eigenvalue weighted by Crippen LogP contribution is -2.37. The van der Waals surface area contributed by atoms with Gasteiger partial charge >= 0.3 is 5.97 Å². The number of hydrogen-bond donors (Lipinski definition) is 2. The molecule has 2 N–H and O–H groups in total. The lowest BCUT2D eigenvalue weighted by molar-refractivity contribution is -0.150. The molecule has 10 heteroatoms. The molecule has 1 fully saturated rings. The number of carbonyl (C=O) groups is 1. The standard InChI is InChI=1S/C24H34N6O4/c1-15(14-33-4)27-23-25-12-21-19(17-11-26-29(13-17)24(2,3)22(32)34-5)10-20(30(21)28-23)16-6-8-18(31)9-7-16/h10-13,15-16,18,31H,6-9,14H2,1-5H3,(H,27,28). The van der Waals surface area contributed by atoms with Crippen molar-refractivity contribution in [2.24, 2.45) is 0 Å². The quantitative estimate of drug-likeness (QED) is 0.483. The number of hydrogen-bond acceptors (Lipinski definition) is 8. The van der Waals surface area contributed by atoms with Crippen molar-refractivity contribution < 1.29 is 19.4 Å². The average molecular weight is 471 g/mol. The molecule has 184 valence electrons. The van der Waals surface area contributed by atoms with Gasteiger partial charge in [0.25, 0.3) is 0 Å². The molecule has 0 bridgehead atoms. The van der Waals surface area contributed by atoms with Crippen LogP contribution in [0.3, 0.4) is 0 Å². The van der Waals surface area contributed by atoms with Crippen LogP contribution in [-0.4, -0.2) is 68.4 Å². The van der Waals surface area contributed by atoms with Crippen LogP contribution in [0.25, 0.3) is 16.6 Å². The summed E-state index contributed by atoms with van der Waals surface area (Å²) in [6, 6.07) is 2.20. The maximum atomic E-state index is 12.3. The van der Waals surface area contributed by atoms with E-state index in [0.29, 0.717) is 12.6 Å². The summed E-state index contributed by atoms with van der Waals surface area (Å²) < 4.78 is 13.7. The molecule has 1 aliphatic carbocycles. The second-order valence-electron chi connectivity index (χ2n) is 9.59. The Morgan fingerprint density at radius 1 is 1.26 bits per heavy atom. The second kappa shape index (κ2) is 9.71. The molecule has 4 rings (SSSR count). The fourth-order valence-electron chi connectivity index (χ4n) is 4.60. The van der Waals surface area contributed by atoms with Gasteiger partial charge in [0.05, 0.1) is 37.7 Å². The molecule has 1 atom stereocenters. The maximum Gasteiger partial charge on any atom is 0.333 e. The number of rotatable bonds is 8. The molecule has 0 amide bonds. The van der Waals surface area contributed by atoms with Crippen molar-refractivity contribution in [1.82, 2.24) is 24.4 Å². The van der Waals surface area contributed by atoms with Gasteiger partial charge in [0.2, 0.25) is 5.95 Å². The van der Waals surface area contributed by atoms with E-state index >= 15 is 0 Å². The molecule has 1 unspecified atom stereocenters. The van der Waals surface area contributed by atoms with Crippen LogP contribution < -0.4 is 5.32 Å². The van der Waals surface area contributed by atoms with Crippen molar-refractivity contribution in [2.45, 2.75) is 70.1 Å². The Morgan fingerprint density at radius 2 is 2.00 bits per heavy atom. The number of aliphatic hydroxyl groups excluding tert-OH is 1. The van der Waals surface area contributed by atoms with Crippen LogP contribution in [0.4, 0.5) is 5.95 Å². The van der Waals surface area contributed by atoms with E-state index in [4.69, 9.17) is 14.6 Å². The number of aliphatic hydroxyl groups is 1. The van der Waals surface area contributed by atoms with Crippen molar-refractivity contribution in [3.63, 3.8) is 0 Å². The molecule has 10 nitrogen and oxygen atoms in total. The zero-order valence-corrected chi connectivity index (χ0v) is 20.5. The van der Waals surface area contributed by atoms with Crippen molar-refractivity contribution in [2.75, 3.05) is 26.1 Å². The van der Waals surface area contributed by atoms with E-state index < -0.39 is 5.54 Å². The highest BCUT2D eigenvalue weighted by Crippen LogP contribution is 2.38. The van der Waals surface area contributed by atoms with Gasteiger partial charge < -0.3 is 19.9 Å². The largest absolute Gasteiger partial charge is 0.467 e. The smallest absolute Gasteiger partial charge is 0.333 e. The minimum Gasteiger partial charge on any atom is -0.467 e. The molecule has 3 aromatic rings. The third kappa shape index (κ3) is 4.65. The topological polar surface area (TPSA) is 116 Å². The van der Waals surface area contributed by atoms with Crippen LogP contribution in [0, 0.1) is 0 Å². The molecule has 0 aliphatic heterocycles. The summed E-state index contributed by atoms with van der Waals surface area (Å²) in [6.07, 6.45) is 8.53. The van der Waals surface area contributed by atoms with Gasteiger partial charge in [-0.2, -0.15) is 5.10 Å². The van der Waals surface area contributed by atoms with Crippen molar-refractivity contribution >= 4 is 17.4 Å². The van der Waals surface area contributed by atoms with E-state index in [1.54, 1.807) is 31.8 Å². The van der Waals surface area contributed by atoms with Crippen LogP contribution in [0.1, 0.15) is 58.1 Å². The van der Waals surface area contributed by atoms with Gasteiger partial charge in [-0.25, -0.2) is 14.3 Å². The molecule has 3 aromatic heterocycles. The van der Waals surface area contributed by atoms with Crippen LogP contribution >= 0.6 is 0 Å². The highest BCUT2D eigenvalue weighted by molar-refractivity contribution is 5.82. The number of anilines is 1. The fourth-order valence-corrected chi connectivity index (χ4v) is 4.60. The number of aromatic nitrogens is 5. The molecular formula is C24H34N6O4. The van der Waals surface area contributed by atoms with Crippen LogP contribution in [0.15, 0.2) is 24.7 Å². The van der Waals surface area contributed by atoms with E-state index in [1.165, 1.54) is 7.11 Å². The van der Waals surface area contributed by atoms with E-state index in [0.717, 1.165) is 48.0 Å².